The minimum Gasteiger partial charge on any atom is -0.354 e. The Morgan fingerprint density at radius 3 is 2.73 bits per heavy atom. The Kier molecular flexibility index (Phi) is 6.62. The molecule has 0 radical (unpaired) electrons. The van der Waals surface area contributed by atoms with Crippen LogP contribution in [0, 0.1) is 0 Å². The van der Waals surface area contributed by atoms with E-state index >= 15 is 0 Å². The number of carbonyl (C=O) groups is 3. The zero-order valence-electron chi connectivity index (χ0n) is 17.0. The van der Waals surface area contributed by atoms with Gasteiger partial charge in [0.2, 0.25) is 5.91 Å². The highest BCUT2D eigenvalue weighted by molar-refractivity contribution is 7.16. The van der Waals surface area contributed by atoms with Crippen molar-refractivity contribution >= 4 is 51.5 Å². The van der Waals surface area contributed by atoms with Gasteiger partial charge in [-0.2, -0.15) is 0 Å². The molecule has 0 bridgehead atoms. The minimum atomic E-state index is -0.519. The van der Waals surface area contributed by atoms with Crippen LogP contribution in [0.1, 0.15) is 42.4 Å². The van der Waals surface area contributed by atoms with Gasteiger partial charge in [-0.05, 0) is 23.6 Å². The normalized spacial score (nSPS) is 14.7. The maximum atomic E-state index is 13.2. The molecule has 0 saturated carbocycles. The van der Waals surface area contributed by atoms with Gasteiger partial charge in [-0.1, -0.05) is 32.4 Å². The van der Waals surface area contributed by atoms with Crippen LogP contribution in [0.15, 0.2) is 24.4 Å². The molecule has 1 aliphatic rings. The first-order valence-corrected chi connectivity index (χ1v) is 10.7. The van der Waals surface area contributed by atoms with Gasteiger partial charge in [0, 0.05) is 37.1 Å². The van der Waals surface area contributed by atoms with Crippen molar-refractivity contribution in [1.29, 1.82) is 0 Å². The number of thiophene rings is 1. The number of rotatable bonds is 3. The smallest absolute Gasteiger partial charge is 0.324 e. The van der Waals surface area contributed by atoms with Crippen molar-refractivity contribution < 1.29 is 14.4 Å². The lowest BCUT2D eigenvalue weighted by Crippen LogP contribution is -2.34. The topological polar surface area (TPSA) is 103 Å². The Balaban J connectivity index is 1.84. The second-order valence-electron chi connectivity index (χ2n) is 7.92. The molecule has 10 heteroatoms. The number of hydrogen-bond acceptors (Lipinski definition) is 5. The molecule has 1 fully saturated rings. The summed E-state index contributed by atoms with van der Waals surface area (Å²) in [6.07, 6.45) is 1.78. The van der Waals surface area contributed by atoms with Crippen LogP contribution in [0.25, 0.3) is 0 Å². The van der Waals surface area contributed by atoms with E-state index < -0.39 is 6.03 Å². The maximum absolute atomic E-state index is 13.2. The summed E-state index contributed by atoms with van der Waals surface area (Å²) in [6, 6.07) is 4.60. The molecule has 2 aromatic heterocycles. The minimum absolute atomic E-state index is 0.0722. The van der Waals surface area contributed by atoms with Gasteiger partial charge in [-0.3, -0.25) is 14.9 Å². The number of aromatic nitrogens is 1. The summed E-state index contributed by atoms with van der Waals surface area (Å²) >= 11 is 7.36. The molecule has 1 saturated heterocycles. The predicted octanol–water partition coefficient (Wildman–Crippen LogP) is 3.70. The molecule has 0 aromatic carbocycles. The Hall–Kier alpha value is -2.65. The Bertz CT molecular complexity index is 970. The van der Waals surface area contributed by atoms with Crippen molar-refractivity contribution in [3.8, 4) is 0 Å². The van der Waals surface area contributed by atoms with Gasteiger partial charge in [0.05, 0.1) is 11.3 Å². The number of urea groups is 1. The van der Waals surface area contributed by atoms with Crippen molar-refractivity contribution in [3.63, 3.8) is 0 Å². The summed E-state index contributed by atoms with van der Waals surface area (Å²) in [5, 5.41) is 8.81. The van der Waals surface area contributed by atoms with Crippen LogP contribution in [0.2, 0.25) is 5.15 Å². The monoisotopic (exact) mass is 449 g/mol. The second-order valence-corrected chi connectivity index (χ2v) is 9.33. The van der Waals surface area contributed by atoms with E-state index in [9.17, 15) is 14.4 Å². The van der Waals surface area contributed by atoms with Crippen LogP contribution >= 0.6 is 22.9 Å². The number of nitrogens with zero attached hydrogens (tertiary/aromatic N) is 2. The molecule has 160 valence electrons. The van der Waals surface area contributed by atoms with Crippen molar-refractivity contribution in [2.75, 3.05) is 30.3 Å². The molecule has 4 amide bonds. The first-order chi connectivity index (χ1) is 14.1. The van der Waals surface area contributed by atoms with Crippen molar-refractivity contribution in [3.05, 3.63) is 40.0 Å². The fraction of sp³-hybridized carbons (Fsp3) is 0.400. The molecule has 30 heavy (non-hydrogen) atoms. The van der Waals surface area contributed by atoms with E-state index in [4.69, 9.17) is 11.6 Å². The lowest BCUT2D eigenvalue weighted by molar-refractivity contribution is -0.120. The van der Waals surface area contributed by atoms with E-state index in [-0.39, 0.29) is 28.8 Å². The van der Waals surface area contributed by atoms with Crippen molar-refractivity contribution in [2.24, 2.45) is 0 Å². The van der Waals surface area contributed by atoms with E-state index in [1.54, 1.807) is 17.0 Å². The number of anilines is 2. The Morgan fingerprint density at radius 1 is 1.27 bits per heavy atom. The van der Waals surface area contributed by atoms with Gasteiger partial charge in [-0.25, -0.2) is 9.78 Å². The number of hydrogen-bond donors (Lipinski definition) is 3. The zero-order chi connectivity index (χ0) is 21.9. The Labute approximate surface area is 184 Å². The van der Waals surface area contributed by atoms with E-state index in [1.807, 2.05) is 26.8 Å². The van der Waals surface area contributed by atoms with Gasteiger partial charge in [0.1, 0.15) is 5.00 Å². The second kappa shape index (κ2) is 9.01. The molecule has 0 unspecified atom stereocenters. The summed E-state index contributed by atoms with van der Waals surface area (Å²) in [5.41, 5.74) is 0.583. The predicted molar refractivity (Wildman–Crippen MR) is 118 cm³/mol. The number of halogens is 1. The number of amides is 4. The SMILES string of the molecule is CC(C)(C)c1cc(C(=O)N2CCNC(=O)CC2)c(NC(=O)Nc2cccnc2Cl)s1. The first kappa shape index (κ1) is 22.0. The van der Waals surface area contributed by atoms with Gasteiger partial charge in [-0.15, -0.1) is 11.3 Å². The molecule has 0 atom stereocenters. The van der Waals surface area contributed by atoms with Gasteiger partial charge >= 0.3 is 6.03 Å². The maximum Gasteiger partial charge on any atom is 0.324 e. The third-order valence-electron chi connectivity index (χ3n) is 4.54. The van der Waals surface area contributed by atoms with Crippen LogP contribution < -0.4 is 16.0 Å². The lowest BCUT2D eigenvalue weighted by atomic mass is 9.94. The van der Waals surface area contributed by atoms with E-state index in [0.29, 0.717) is 35.9 Å². The Morgan fingerprint density at radius 2 is 2.03 bits per heavy atom. The molecule has 1 aliphatic heterocycles. The van der Waals surface area contributed by atoms with E-state index in [1.165, 1.54) is 17.5 Å². The molecule has 3 heterocycles. The van der Waals surface area contributed by atoms with Crippen LogP contribution in [0.3, 0.4) is 0 Å². The summed E-state index contributed by atoms with van der Waals surface area (Å²) in [6.45, 7) is 7.29. The highest BCUT2D eigenvalue weighted by atomic mass is 35.5. The fourth-order valence-corrected chi connectivity index (χ4v) is 4.16. The van der Waals surface area contributed by atoms with Gasteiger partial charge in [0.25, 0.3) is 5.91 Å². The fourth-order valence-electron chi connectivity index (χ4n) is 2.89. The largest absolute Gasteiger partial charge is 0.354 e. The molecular weight excluding hydrogens is 426 g/mol. The van der Waals surface area contributed by atoms with E-state index in [0.717, 1.165) is 4.88 Å². The lowest BCUT2D eigenvalue weighted by Gasteiger charge is -2.20. The molecule has 8 nitrogen and oxygen atoms in total. The number of nitrogens with one attached hydrogen (secondary N) is 3. The number of carbonyl (C=O) groups excluding carboxylic acids is 3. The summed E-state index contributed by atoms with van der Waals surface area (Å²) in [7, 11) is 0. The van der Waals surface area contributed by atoms with Crippen LogP contribution in [0.5, 0.6) is 0 Å². The average molecular weight is 450 g/mol. The van der Waals surface area contributed by atoms with Crippen LogP contribution in [-0.2, 0) is 10.2 Å². The average Bonchev–Trinajstić information content (AvgIpc) is 2.97. The van der Waals surface area contributed by atoms with E-state index in [2.05, 4.69) is 20.9 Å². The summed E-state index contributed by atoms with van der Waals surface area (Å²) < 4.78 is 0. The first-order valence-electron chi connectivity index (χ1n) is 9.54. The third kappa shape index (κ3) is 5.28. The molecule has 3 N–H and O–H groups in total. The molecule has 0 spiro atoms. The van der Waals surface area contributed by atoms with Crippen LogP contribution in [-0.4, -0.2) is 47.4 Å². The van der Waals surface area contributed by atoms with Crippen molar-refractivity contribution in [2.45, 2.75) is 32.6 Å². The highest BCUT2D eigenvalue weighted by Gasteiger charge is 2.28. The molecule has 3 rings (SSSR count). The standard InChI is InChI=1S/C20H24ClN5O3S/c1-20(2,3)14-11-12(18(28)26-9-6-15(27)22-8-10-26)17(30-14)25-19(29)24-13-5-4-7-23-16(13)21/h4-5,7,11H,6,8-10H2,1-3H3,(H,22,27)(H2,24,25,29). The van der Waals surface area contributed by atoms with Crippen LogP contribution in [0.4, 0.5) is 15.5 Å². The number of pyridine rings is 1. The van der Waals surface area contributed by atoms with Crippen molar-refractivity contribution in [1.82, 2.24) is 15.2 Å². The highest BCUT2D eigenvalue weighted by Crippen LogP contribution is 2.37. The van der Waals surface area contributed by atoms with Gasteiger partial charge < -0.3 is 15.5 Å². The molecule has 0 aliphatic carbocycles. The summed E-state index contributed by atoms with van der Waals surface area (Å²) in [5.74, 6) is -0.287. The molecule has 2 aromatic rings. The quantitative estimate of drug-likeness (QED) is 0.621. The zero-order valence-corrected chi connectivity index (χ0v) is 18.6. The summed E-state index contributed by atoms with van der Waals surface area (Å²) in [4.78, 5) is 43.9. The third-order valence-corrected chi connectivity index (χ3v) is 6.31. The molecular formula is C20H24ClN5O3S. The van der Waals surface area contributed by atoms with Gasteiger partial charge in [0.15, 0.2) is 5.15 Å².